The highest BCUT2D eigenvalue weighted by molar-refractivity contribution is 7.89. The zero-order valence-electron chi connectivity index (χ0n) is 12.5. The van der Waals surface area contributed by atoms with E-state index in [1.807, 2.05) is 0 Å². The van der Waals surface area contributed by atoms with Crippen LogP contribution in [-0.4, -0.2) is 37.7 Å². The first-order valence-electron chi connectivity index (χ1n) is 7.74. The second-order valence-electron chi connectivity index (χ2n) is 5.96. The fraction of sp³-hybridized carbons (Fsp3) is 0.733. The van der Waals surface area contributed by atoms with Crippen LogP contribution in [0.4, 0.5) is 0 Å². The fourth-order valence-electron chi connectivity index (χ4n) is 3.26. The van der Waals surface area contributed by atoms with E-state index in [0.717, 1.165) is 32.3 Å². The highest BCUT2D eigenvalue weighted by Gasteiger charge is 2.36. The standard InChI is InChI=1S/C15H23NO3S2/c1-12-6-7-15(20-12)14-5-2-9-16(14)21(17,18)11-8-13-4-3-10-19-13/h6-7,13-14H,2-5,8-11H2,1H3/t13-,14-/m0/s1. The van der Waals surface area contributed by atoms with Gasteiger partial charge in [0.05, 0.1) is 17.9 Å². The van der Waals surface area contributed by atoms with Crippen LogP contribution in [0.3, 0.4) is 0 Å². The van der Waals surface area contributed by atoms with Crippen LogP contribution in [0.5, 0.6) is 0 Å². The van der Waals surface area contributed by atoms with Gasteiger partial charge in [-0.05, 0) is 51.2 Å². The number of hydrogen-bond acceptors (Lipinski definition) is 4. The zero-order valence-corrected chi connectivity index (χ0v) is 14.1. The second-order valence-corrected chi connectivity index (χ2v) is 9.32. The molecule has 0 radical (unpaired) electrons. The quantitative estimate of drug-likeness (QED) is 0.834. The monoisotopic (exact) mass is 329 g/mol. The SMILES string of the molecule is Cc1ccc([C@@H]2CCCN2S(=O)(=O)CC[C@@H]2CCCO2)s1. The van der Waals surface area contributed by atoms with Gasteiger partial charge in [0.25, 0.3) is 0 Å². The number of nitrogens with zero attached hydrogens (tertiary/aromatic N) is 1. The molecule has 0 aliphatic carbocycles. The van der Waals surface area contributed by atoms with E-state index < -0.39 is 10.0 Å². The Kier molecular flexibility index (Phi) is 4.69. The molecule has 1 aromatic heterocycles. The minimum absolute atomic E-state index is 0.0539. The number of thiophene rings is 1. The molecule has 2 fully saturated rings. The molecule has 2 aliphatic rings. The molecule has 0 unspecified atom stereocenters. The Morgan fingerprint density at radius 1 is 1.33 bits per heavy atom. The molecule has 3 rings (SSSR count). The van der Waals surface area contributed by atoms with Crippen LogP contribution in [0.15, 0.2) is 12.1 Å². The lowest BCUT2D eigenvalue weighted by atomic mass is 10.2. The van der Waals surface area contributed by atoms with Crippen LogP contribution >= 0.6 is 11.3 Å². The van der Waals surface area contributed by atoms with Crippen molar-refractivity contribution in [3.63, 3.8) is 0 Å². The molecular weight excluding hydrogens is 306 g/mol. The normalized spacial score (nSPS) is 27.5. The zero-order chi connectivity index (χ0) is 14.9. The van der Waals surface area contributed by atoms with Crippen molar-refractivity contribution in [2.45, 2.75) is 51.2 Å². The molecule has 2 atom stereocenters. The molecule has 3 heterocycles. The molecule has 0 bridgehead atoms. The van der Waals surface area contributed by atoms with Crippen LogP contribution in [0.1, 0.15) is 47.9 Å². The number of hydrogen-bond donors (Lipinski definition) is 0. The maximum absolute atomic E-state index is 12.7. The van der Waals surface area contributed by atoms with Gasteiger partial charge < -0.3 is 4.74 Å². The predicted octanol–water partition coefficient (Wildman–Crippen LogP) is 3.09. The van der Waals surface area contributed by atoms with Gasteiger partial charge in [0.1, 0.15) is 0 Å². The average molecular weight is 329 g/mol. The van der Waals surface area contributed by atoms with Gasteiger partial charge in [-0.3, -0.25) is 0 Å². The second kappa shape index (κ2) is 6.36. The topological polar surface area (TPSA) is 46.6 Å². The van der Waals surface area contributed by atoms with Crippen molar-refractivity contribution in [3.05, 3.63) is 21.9 Å². The minimum Gasteiger partial charge on any atom is -0.378 e. The summed E-state index contributed by atoms with van der Waals surface area (Å²) in [5.74, 6) is 0.221. The summed E-state index contributed by atoms with van der Waals surface area (Å²) in [7, 11) is -3.18. The van der Waals surface area contributed by atoms with Gasteiger partial charge in [0.2, 0.25) is 10.0 Å². The van der Waals surface area contributed by atoms with E-state index in [-0.39, 0.29) is 17.9 Å². The number of rotatable bonds is 5. The van der Waals surface area contributed by atoms with E-state index in [2.05, 4.69) is 19.1 Å². The van der Waals surface area contributed by atoms with Crippen LogP contribution in [0, 0.1) is 6.92 Å². The Balaban J connectivity index is 1.68. The Labute approximate surface area is 131 Å². The van der Waals surface area contributed by atoms with E-state index in [1.54, 1.807) is 15.6 Å². The summed E-state index contributed by atoms with van der Waals surface area (Å²) in [4.78, 5) is 2.43. The van der Waals surface area contributed by atoms with Crippen molar-refractivity contribution >= 4 is 21.4 Å². The van der Waals surface area contributed by atoms with Gasteiger partial charge in [-0.25, -0.2) is 8.42 Å². The first-order valence-corrected chi connectivity index (χ1v) is 10.2. The van der Waals surface area contributed by atoms with E-state index in [1.165, 1.54) is 9.75 Å². The fourth-order valence-corrected chi connectivity index (χ4v) is 6.16. The van der Waals surface area contributed by atoms with E-state index >= 15 is 0 Å². The molecule has 0 N–H and O–H groups in total. The van der Waals surface area contributed by atoms with Crippen molar-refractivity contribution in [3.8, 4) is 0 Å². The molecule has 2 saturated heterocycles. The first-order chi connectivity index (χ1) is 10.1. The Morgan fingerprint density at radius 2 is 2.19 bits per heavy atom. The summed E-state index contributed by atoms with van der Waals surface area (Å²) in [5, 5.41) is 0. The molecule has 0 spiro atoms. The van der Waals surface area contributed by atoms with Crippen LogP contribution < -0.4 is 0 Å². The van der Waals surface area contributed by atoms with Gasteiger partial charge in [-0.2, -0.15) is 4.31 Å². The highest BCUT2D eigenvalue weighted by atomic mass is 32.2. The van der Waals surface area contributed by atoms with Gasteiger partial charge in [0, 0.05) is 22.9 Å². The van der Waals surface area contributed by atoms with Crippen molar-refractivity contribution in [1.29, 1.82) is 0 Å². The largest absolute Gasteiger partial charge is 0.378 e. The lowest BCUT2D eigenvalue weighted by Crippen LogP contribution is -2.33. The minimum atomic E-state index is -3.18. The molecule has 4 nitrogen and oxygen atoms in total. The maximum Gasteiger partial charge on any atom is 0.214 e. The molecule has 118 valence electrons. The molecule has 6 heteroatoms. The maximum atomic E-state index is 12.7. The third-order valence-electron chi connectivity index (χ3n) is 4.37. The molecule has 21 heavy (non-hydrogen) atoms. The molecular formula is C15H23NO3S2. The van der Waals surface area contributed by atoms with Crippen molar-refractivity contribution in [1.82, 2.24) is 4.31 Å². The summed E-state index contributed by atoms with van der Waals surface area (Å²) in [6, 6.07) is 4.21. The van der Waals surface area contributed by atoms with E-state index in [4.69, 9.17) is 4.74 Å². The van der Waals surface area contributed by atoms with Gasteiger partial charge in [0.15, 0.2) is 0 Å². The lowest BCUT2D eigenvalue weighted by molar-refractivity contribution is 0.108. The van der Waals surface area contributed by atoms with E-state index in [0.29, 0.717) is 13.0 Å². The molecule has 0 aromatic carbocycles. The summed E-state index contributed by atoms with van der Waals surface area (Å²) in [5.41, 5.74) is 0. The Bertz CT molecular complexity index is 575. The van der Waals surface area contributed by atoms with Crippen molar-refractivity contribution in [2.24, 2.45) is 0 Å². The van der Waals surface area contributed by atoms with Crippen molar-refractivity contribution in [2.75, 3.05) is 18.9 Å². The van der Waals surface area contributed by atoms with Crippen LogP contribution in [0.25, 0.3) is 0 Å². The van der Waals surface area contributed by atoms with Crippen molar-refractivity contribution < 1.29 is 13.2 Å². The number of aryl methyl sites for hydroxylation is 1. The summed E-state index contributed by atoms with van der Waals surface area (Å²) >= 11 is 1.72. The van der Waals surface area contributed by atoms with Gasteiger partial charge in [-0.15, -0.1) is 11.3 Å². The lowest BCUT2D eigenvalue weighted by Gasteiger charge is -2.24. The molecule has 0 saturated carbocycles. The summed E-state index contributed by atoms with van der Waals surface area (Å²) in [6.07, 6.45) is 4.74. The molecule has 2 aliphatic heterocycles. The molecule has 1 aromatic rings. The third-order valence-corrected chi connectivity index (χ3v) is 7.38. The van der Waals surface area contributed by atoms with Crippen LogP contribution in [0.2, 0.25) is 0 Å². The third kappa shape index (κ3) is 3.50. The Morgan fingerprint density at radius 3 is 2.86 bits per heavy atom. The first kappa shape index (κ1) is 15.5. The summed E-state index contributed by atoms with van der Waals surface area (Å²) in [6.45, 7) is 3.51. The number of ether oxygens (including phenoxy) is 1. The Hall–Kier alpha value is -0.430. The number of sulfonamides is 1. The molecule has 0 amide bonds. The van der Waals surface area contributed by atoms with E-state index in [9.17, 15) is 8.42 Å². The summed E-state index contributed by atoms with van der Waals surface area (Å²) < 4.78 is 32.6. The predicted molar refractivity (Wildman–Crippen MR) is 85.1 cm³/mol. The van der Waals surface area contributed by atoms with Gasteiger partial charge >= 0.3 is 0 Å². The smallest absolute Gasteiger partial charge is 0.214 e. The van der Waals surface area contributed by atoms with Gasteiger partial charge in [-0.1, -0.05) is 0 Å². The highest BCUT2D eigenvalue weighted by Crippen LogP contribution is 2.38. The van der Waals surface area contributed by atoms with Crippen LogP contribution in [-0.2, 0) is 14.8 Å². The average Bonchev–Trinajstić information content (AvgIpc) is 3.17.